The number of aliphatic hydroxyl groups is 1. The van der Waals surface area contributed by atoms with E-state index in [0.29, 0.717) is 18.4 Å². The molecular weight excluding hydrogens is 216 g/mol. The monoisotopic (exact) mass is 230 g/mol. The number of carbonyl (C=O) groups excluding carboxylic acids is 2. The lowest BCUT2D eigenvalue weighted by atomic mass is 9.83. The van der Waals surface area contributed by atoms with Gasteiger partial charge in [0.25, 0.3) is 0 Å². The number of ketones is 2. The fraction of sp³-hybridized carbons (Fsp3) is 0.286. The minimum Gasteiger partial charge on any atom is -0.506 e. The van der Waals surface area contributed by atoms with Crippen LogP contribution in [-0.4, -0.2) is 16.7 Å². The molecule has 3 heteroatoms. The van der Waals surface area contributed by atoms with Gasteiger partial charge in [-0.15, -0.1) is 0 Å². The van der Waals surface area contributed by atoms with Gasteiger partial charge in [0.1, 0.15) is 11.3 Å². The first-order valence-corrected chi connectivity index (χ1v) is 5.64. The van der Waals surface area contributed by atoms with Crippen molar-refractivity contribution in [3.05, 3.63) is 41.5 Å². The second kappa shape index (κ2) is 4.53. The average molecular weight is 230 g/mol. The van der Waals surface area contributed by atoms with Crippen LogP contribution in [0.4, 0.5) is 0 Å². The van der Waals surface area contributed by atoms with E-state index < -0.39 is 0 Å². The number of benzene rings is 1. The Balaban J connectivity index is 2.44. The molecule has 0 aliphatic heterocycles. The first-order valence-electron chi connectivity index (χ1n) is 5.64. The van der Waals surface area contributed by atoms with Crippen LogP contribution < -0.4 is 0 Å². The van der Waals surface area contributed by atoms with Crippen molar-refractivity contribution in [2.75, 3.05) is 0 Å². The quantitative estimate of drug-likeness (QED) is 0.458. The lowest BCUT2D eigenvalue weighted by molar-refractivity contribution is -0.125. The van der Waals surface area contributed by atoms with Crippen LogP contribution in [0, 0.1) is 5.92 Å². The van der Waals surface area contributed by atoms with Crippen molar-refractivity contribution in [2.24, 2.45) is 5.92 Å². The van der Waals surface area contributed by atoms with E-state index in [-0.39, 0.29) is 28.8 Å². The number of aliphatic hydroxyl groups excluding tert-OH is 1. The highest BCUT2D eigenvalue weighted by molar-refractivity contribution is 6.25. The molecule has 1 aromatic rings. The van der Waals surface area contributed by atoms with Gasteiger partial charge < -0.3 is 5.11 Å². The molecule has 1 aliphatic carbocycles. The maximum atomic E-state index is 11.8. The highest BCUT2D eigenvalue weighted by Crippen LogP contribution is 2.27. The summed E-state index contributed by atoms with van der Waals surface area (Å²) in [5.74, 6) is -0.625. The van der Waals surface area contributed by atoms with Crippen LogP contribution in [0.5, 0.6) is 0 Å². The van der Waals surface area contributed by atoms with E-state index in [0.717, 1.165) is 0 Å². The molecule has 88 valence electrons. The molecule has 1 N–H and O–H groups in total. The molecule has 0 amide bonds. The predicted molar refractivity (Wildman–Crippen MR) is 64.4 cm³/mol. The van der Waals surface area contributed by atoms with Crippen LogP contribution in [-0.2, 0) is 9.59 Å². The Morgan fingerprint density at radius 3 is 2.18 bits per heavy atom. The molecule has 1 aromatic carbocycles. The van der Waals surface area contributed by atoms with Gasteiger partial charge in [0, 0.05) is 18.4 Å². The Labute approximate surface area is 99.8 Å². The molecule has 1 aliphatic rings. The van der Waals surface area contributed by atoms with Gasteiger partial charge in [-0.25, -0.2) is 0 Å². The summed E-state index contributed by atoms with van der Waals surface area (Å²) in [6.07, 6.45) is 0.663. The molecule has 17 heavy (non-hydrogen) atoms. The van der Waals surface area contributed by atoms with Crippen LogP contribution in [0.2, 0.25) is 0 Å². The highest BCUT2D eigenvalue weighted by Gasteiger charge is 2.31. The SMILES string of the molecule is CC1CC(=O)C(=C(O)c2ccccc2)C(=O)C1. The third-order valence-electron chi connectivity index (χ3n) is 2.91. The van der Waals surface area contributed by atoms with E-state index in [1.165, 1.54) is 0 Å². The van der Waals surface area contributed by atoms with Crippen molar-refractivity contribution in [3.63, 3.8) is 0 Å². The maximum Gasteiger partial charge on any atom is 0.170 e. The lowest BCUT2D eigenvalue weighted by Crippen LogP contribution is -2.25. The Morgan fingerprint density at radius 1 is 1.12 bits per heavy atom. The molecular formula is C14H14O3. The Morgan fingerprint density at radius 2 is 1.65 bits per heavy atom. The Kier molecular flexibility index (Phi) is 3.09. The lowest BCUT2D eigenvalue weighted by Gasteiger charge is -2.19. The van der Waals surface area contributed by atoms with Crippen molar-refractivity contribution >= 4 is 17.3 Å². The van der Waals surface area contributed by atoms with E-state index >= 15 is 0 Å². The number of rotatable bonds is 1. The van der Waals surface area contributed by atoms with Gasteiger partial charge in [-0.1, -0.05) is 37.3 Å². The standard InChI is InChI=1S/C14H14O3/c1-9-7-11(15)13(12(16)8-9)14(17)10-5-3-2-4-6-10/h2-6,9,17H,7-8H2,1H3. The van der Waals surface area contributed by atoms with E-state index in [4.69, 9.17) is 0 Å². The third kappa shape index (κ3) is 2.28. The second-order valence-electron chi connectivity index (χ2n) is 4.45. The van der Waals surface area contributed by atoms with Crippen molar-refractivity contribution in [1.29, 1.82) is 0 Å². The molecule has 0 atom stereocenters. The second-order valence-corrected chi connectivity index (χ2v) is 4.45. The molecule has 0 heterocycles. The number of carbonyl (C=O) groups is 2. The fourth-order valence-corrected chi connectivity index (χ4v) is 2.07. The average Bonchev–Trinajstić information content (AvgIpc) is 2.28. The molecule has 2 rings (SSSR count). The number of Topliss-reactive ketones (excluding diaryl/α,β-unsaturated/α-hetero) is 2. The normalized spacial score (nSPS) is 20.5. The summed E-state index contributed by atoms with van der Waals surface area (Å²) in [6, 6.07) is 8.69. The van der Waals surface area contributed by atoms with Gasteiger partial charge in [0.15, 0.2) is 11.6 Å². The Bertz CT molecular complexity index is 465. The zero-order chi connectivity index (χ0) is 12.4. The molecule has 1 saturated carbocycles. The van der Waals surface area contributed by atoms with E-state index in [1.54, 1.807) is 24.3 Å². The highest BCUT2D eigenvalue weighted by atomic mass is 16.3. The van der Waals surface area contributed by atoms with Crippen molar-refractivity contribution in [3.8, 4) is 0 Å². The summed E-state index contributed by atoms with van der Waals surface area (Å²) < 4.78 is 0. The summed E-state index contributed by atoms with van der Waals surface area (Å²) in [6.45, 7) is 1.87. The van der Waals surface area contributed by atoms with E-state index in [1.807, 2.05) is 13.0 Å². The Hall–Kier alpha value is -1.90. The first kappa shape index (κ1) is 11.6. The van der Waals surface area contributed by atoms with Gasteiger partial charge in [-0.2, -0.15) is 0 Å². The summed E-state index contributed by atoms with van der Waals surface area (Å²) in [5.41, 5.74) is 0.480. The van der Waals surface area contributed by atoms with Gasteiger partial charge in [0.05, 0.1) is 0 Å². The molecule has 0 radical (unpaired) electrons. The van der Waals surface area contributed by atoms with E-state index in [2.05, 4.69) is 0 Å². The van der Waals surface area contributed by atoms with Crippen molar-refractivity contribution in [1.82, 2.24) is 0 Å². The van der Waals surface area contributed by atoms with Gasteiger partial charge in [-0.05, 0) is 5.92 Å². The smallest absolute Gasteiger partial charge is 0.170 e. The summed E-state index contributed by atoms with van der Waals surface area (Å²) >= 11 is 0. The molecule has 0 bridgehead atoms. The molecule has 0 aromatic heterocycles. The van der Waals surface area contributed by atoms with Crippen LogP contribution in [0.15, 0.2) is 35.9 Å². The molecule has 0 spiro atoms. The summed E-state index contributed by atoms with van der Waals surface area (Å²) in [7, 11) is 0. The molecule has 1 fully saturated rings. The number of hydrogen-bond acceptors (Lipinski definition) is 3. The predicted octanol–water partition coefficient (Wildman–Crippen LogP) is 2.52. The molecule has 0 unspecified atom stereocenters. The minimum absolute atomic E-state index is 0.0331. The van der Waals surface area contributed by atoms with Gasteiger partial charge >= 0.3 is 0 Å². The molecule has 3 nitrogen and oxygen atoms in total. The summed E-state index contributed by atoms with van der Waals surface area (Å²) in [4.78, 5) is 23.6. The zero-order valence-electron chi connectivity index (χ0n) is 9.64. The van der Waals surface area contributed by atoms with E-state index in [9.17, 15) is 14.7 Å². The third-order valence-corrected chi connectivity index (χ3v) is 2.91. The number of allylic oxidation sites excluding steroid dienone is 1. The topological polar surface area (TPSA) is 54.4 Å². The van der Waals surface area contributed by atoms with Crippen LogP contribution in [0.25, 0.3) is 5.76 Å². The minimum atomic E-state index is -0.255. The largest absolute Gasteiger partial charge is 0.506 e. The van der Waals surface area contributed by atoms with Crippen molar-refractivity contribution in [2.45, 2.75) is 19.8 Å². The number of hydrogen-bond donors (Lipinski definition) is 1. The van der Waals surface area contributed by atoms with Crippen LogP contribution >= 0.6 is 0 Å². The maximum absolute atomic E-state index is 11.8. The van der Waals surface area contributed by atoms with Gasteiger partial charge in [0.2, 0.25) is 0 Å². The zero-order valence-corrected chi connectivity index (χ0v) is 9.64. The van der Waals surface area contributed by atoms with Crippen LogP contribution in [0.3, 0.4) is 0 Å². The van der Waals surface area contributed by atoms with Crippen LogP contribution in [0.1, 0.15) is 25.3 Å². The first-order chi connectivity index (χ1) is 8.09. The molecule has 0 saturated heterocycles. The van der Waals surface area contributed by atoms with Gasteiger partial charge in [-0.3, -0.25) is 9.59 Å². The van der Waals surface area contributed by atoms with Crippen molar-refractivity contribution < 1.29 is 14.7 Å². The fourth-order valence-electron chi connectivity index (χ4n) is 2.07. The summed E-state index contributed by atoms with van der Waals surface area (Å²) in [5, 5.41) is 10.0.